The molecule has 204 valence electrons. The molecule has 0 radical (unpaired) electrons. The highest BCUT2D eigenvalue weighted by Crippen LogP contribution is 2.34. The van der Waals surface area contributed by atoms with Crippen LogP contribution in [0.5, 0.6) is 5.75 Å². The topological polar surface area (TPSA) is 81.1 Å². The number of rotatable bonds is 8. The number of fused-ring (bicyclic) bond motifs is 3. The van der Waals surface area contributed by atoms with E-state index < -0.39 is 12.0 Å². The van der Waals surface area contributed by atoms with E-state index in [0.29, 0.717) is 18.7 Å². The largest absolute Gasteiger partial charge is 0.467 e. The molecule has 8 nitrogen and oxygen atoms in total. The average Bonchev–Trinajstić information content (AvgIpc) is 3.57. The van der Waals surface area contributed by atoms with Crippen LogP contribution in [0.1, 0.15) is 43.0 Å². The predicted molar refractivity (Wildman–Crippen MR) is 149 cm³/mol. The minimum absolute atomic E-state index is 0.256. The summed E-state index contributed by atoms with van der Waals surface area (Å²) in [5.41, 5.74) is 4.13. The van der Waals surface area contributed by atoms with Gasteiger partial charge in [-0.15, -0.1) is 0 Å². The van der Waals surface area contributed by atoms with E-state index in [2.05, 4.69) is 21.6 Å². The molecule has 0 unspecified atom stereocenters. The fourth-order valence-electron chi connectivity index (χ4n) is 5.78. The first-order chi connectivity index (χ1) is 18.9. The summed E-state index contributed by atoms with van der Waals surface area (Å²) in [6.45, 7) is 5.96. The van der Waals surface area contributed by atoms with E-state index in [1.165, 1.54) is 46.0 Å². The highest BCUT2D eigenvalue weighted by molar-refractivity contribution is 5.96. The van der Waals surface area contributed by atoms with Crippen molar-refractivity contribution in [2.24, 2.45) is 0 Å². The SMILES string of the molecule is COC(=O)[C@@H]1Cc2c(n(CCCN3CCCC3)c3ccccc23)CN1C(=O)/C=C\c1ccc(OC(C)=O)cc1. The smallest absolute Gasteiger partial charge is 0.328 e. The summed E-state index contributed by atoms with van der Waals surface area (Å²) in [6, 6.07) is 14.5. The number of hydrogen-bond donors (Lipinski definition) is 0. The van der Waals surface area contributed by atoms with Gasteiger partial charge in [-0.1, -0.05) is 30.3 Å². The zero-order valence-electron chi connectivity index (χ0n) is 22.6. The first kappa shape index (κ1) is 26.7. The highest BCUT2D eigenvalue weighted by Gasteiger charge is 2.37. The maximum atomic E-state index is 13.5. The van der Waals surface area contributed by atoms with Gasteiger partial charge in [0.2, 0.25) is 5.91 Å². The fourth-order valence-corrected chi connectivity index (χ4v) is 5.78. The van der Waals surface area contributed by atoms with Gasteiger partial charge in [-0.3, -0.25) is 9.59 Å². The van der Waals surface area contributed by atoms with Crippen LogP contribution in [0.3, 0.4) is 0 Å². The molecule has 2 aliphatic rings. The molecule has 0 spiro atoms. The summed E-state index contributed by atoms with van der Waals surface area (Å²) in [6.07, 6.45) is 7.19. The maximum absolute atomic E-state index is 13.5. The summed E-state index contributed by atoms with van der Waals surface area (Å²) in [7, 11) is 1.36. The van der Waals surface area contributed by atoms with Crippen molar-refractivity contribution < 1.29 is 23.9 Å². The Bertz CT molecular complexity index is 1390. The van der Waals surface area contributed by atoms with Crippen molar-refractivity contribution in [2.75, 3.05) is 26.7 Å². The third-order valence-electron chi connectivity index (χ3n) is 7.66. The van der Waals surface area contributed by atoms with Crippen LogP contribution in [-0.2, 0) is 38.6 Å². The molecule has 0 saturated carbocycles. The number of carbonyl (C=O) groups excluding carboxylic acids is 3. The van der Waals surface area contributed by atoms with Crippen molar-refractivity contribution in [1.29, 1.82) is 0 Å². The Balaban J connectivity index is 1.40. The van der Waals surface area contributed by atoms with Crippen LogP contribution >= 0.6 is 0 Å². The normalized spacial score (nSPS) is 17.5. The van der Waals surface area contributed by atoms with E-state index >= 15 is 0 Å². The zero-order valence-corrected chi connectivity index (χ0v) is 22.6. The number of carbonyl (C=O) groups is 3. The number of aromatic nitrogens is 1. The van der Waals surface area contributed by atoms with Gasteiger partial charge in [-0.25, -0.2) is 4.79 Å². The number of esters is 2. The maximum Gasteiger partial charge on any atom is 0.328 e. The second-order valence-corrected chi connectivity index (χ2v) is 10.2. The predicted octanol–water partition coefficient (Wildman–Crippen LogP) is 4.19. The summed E-state index contributed by atoms with van der Waals surface area (Å²) in [5.74, 6) is -0.619. The van der Waals surface area contributed by atoms with Crippen molar-refractivity contribution in [3.63, 3.8) is 0 Å². The van der Waals surface area contributed by atoms with Gasteiger partial charge < -0.3 is 23.8 Å². The average molecular weight is 530 g/mol. The molecule has 8 heteroatoms. The highest BCUT2D eigenvalue weighted by atomic mass is 16.5. The number of ether oxygens (including phenoxy) is 2. The molecule has 0 bridgehead atoms. The van der Waals surface area contributed by atoms with Crippen LogP contribution in [0, 0.1) is 0 Å². The monoisotopic (exact) mass is 529 g/mol. The van der Waals surface area contributed by atoms with Crippen molar-refractivity contribution in [2.45, 2.75) is 51.7 Å². The molecule has 2 aromatic carbocycles. The van der Waals surface area contributed by atoms with Crippen LogP contribution in [0.4, 0.5) is 0 Å². The number of methoxy groups -OCH3 is 1. The van der Waals surface area contributed by atoms with Crippen LogP contribution in [0.15, 0.2) is 54.6 Å². The lowest BCUT2D eigenvalue weighted by Gasteiger charge is -2.34. The van der Waals surface area contributed by atoms with Crippen LogP contribution in [0.2, 0.25) is 0 Å². The Hall–Kier alpha value is -3.91. The Morgan fingerprint density at radius 2 is 1.74 bits per heavy atom. The third-order valence-corrected chi connectivity index (χ3v) is 7.66. The standard InChI is InChI=1S/C31H35N3O5/c1-22(35)39-24-13-10-23(11-14-24)12-15-30(36)34-21-29-26(20-28(34)31(37)38-2)25-8-3-4-9-27(25)33(29)19-7-18-32-16-5-6-17-32/h3-4,8-15,28H,5-7,16-21H2,1-2H3/b15-12-/t28-/m0/s1. The van der Waals surface area contributed by atoms with Gasteiger partial charge in [0.25, 0.3) is 0 Å². The quantitative estimate of drug-likeness (QED) is 0.247. The van der Waals surface area contributed by atoms with Gasteiger partial charge in [0, 0.05) is 42.6 Å². The molecule has 1 saturated heterocycles. The Labute approximate surface area is 228 Å². The number of nitrogens with zero attached hydrogens (tertiary/aromatic N) is 3. The Morgan fingerprint density at radius 3 is 2.46 bits per heavy atom. The zero-order chi connectivity index (χ0) is 27.4. The molecular weight excluding hydrogens is 494 g/mol. The molecule has 3 aromatic rings. The lowest BCUT2D eigenvalue weighted by atomic mass is 9.96. The van der Waals surface area contributed by atoms with Crippen molar-refractivity contribution >= 4 is 34.8 Å². The van der Waals surface area contributed by atoms with E-state index in [9.17, 15) is 14.4 Å². The molecule has 0 aliphatic carbocycles. The lowest BCUT2D eigenvalue weighted by molar-refractivity contribution is -0.152. The van der Waals surface area contributed by atoms with Gasteiger partial charge in [0.1, 0.15) is 11.8 Å². The van der Waals surface area contributed by atoms with E-state index in [0.717, 1.165) is 47.2 Å². The second kappa shape index (κ2) is 11.9. The molecule has 3 heterocycles. The first-order valence-electron chi connectivity index (χ1n) is 13.6. The lowest BCUT2D eigenvalue weighted by Crippen LogP contribution is -2.48. The number of hydrogen-bond acceptors (Lipinski definition) is 6. The van der Waals surface area contributed by atoms with E-state index in [-0.39, 0.29) is 11.9 Å². The van der Waals surface area contributed by atoms with Crippen molar-refractivity contribution in [3.8, 4) is 5.75 Å². The Kier molecular flexibility index (Phi) is 8.12. The second-order valence-electron chi connectivity index (χ2n) is 10.2. The van der Waals surface area contributed by atoms with Gasteiger partial charge in [-0.05, 0) is 74.3 Å². The van der Waals surface area contributed by atoms with Crippen molar-refractivity contribution in [1.82, 2.24) is 14.4 Å². The fraction of sp³-hybridized carbons (Fsp3) is 0.387. The Morgan fingerprint density at radius 1 is 1.00 bits per heavy atom. The minimum atomic E-state index is -0.699. The van der Waals surface area contributed by atoms with Gasteiger partial charge in [-0.2, -0.15) is 0 Å². The molecule has 1 amide bonds. The number of para-hydroxylation sites is 1. The molecule has 1 aromatic heterocycles. The van der Waals surface area contributed by atoms with E-state index in [4.69, 9.17) is 9.47 Å². The van der Waals surface area contributed by atoms with Crippen LogP contribution < -0.4 is 4.74 Å². The molecule has 2 aliphatic heterocycles. The number of benzene rings is 2. The molecule has 1 atom stereocenters. The molecule has 39 heavy (non-hydrogen) atoms. The minimum Gasteiger partial charge on any atom is -0.467 e. The number of amides is 1. The van der Waals surface area contributed by atoms with Crippen LogP contribution in [-0.4, -0.2) is 65.0 Å². The summed E-state index contributed by atoms with van der Waals surface area (Å²) >= 11 is 0. The van der Waals surface area contributed by atoms with Gasteiger partial charge in [0.15, 0.2) is 0 Å². The summed E-state index contributed by atoms with van der Waals surface area (Å²) in [5, 5.41) is 1.14. The van der Waals surface area contributed by atoms with Crippen molar-refractivity contribution in [3.05, 3.63) is 71.4 Å². The van der Waals surface area contributed by atoms with Crippen LogP contribution in [0.25, 0.3) is 17.0 Å². The van der Waals surface area contributed by atoms with Gasteiger partial charge >= 0.3 is 11.9 Å². The number of aryl methyl sites for hydroxylation is 1. The molecule has 1 fully saturated rings. The number of likely N-dealkylation sites (tertiary alicyclic amines) is 1. The molecule has 5 rings (SSSR count). The van der Waals surface area contributed by atoms with Gasteiger partial charge in [0.05, 0.1) is 13.7 Å². The first-order valence-corrected chi connectivity index (χ1v) is 13.6. The molecular formula is C31H35N3O5. The third kappa shape index (κ3) is 5.91. The molecule has 0 N–H and O–H groups in total. The summed E-state index contributed by atoms with van der Waals surface area (Å²) in [4.78, 5) is 41.6. The van der Waals surface area contributed by atoms with E-state index in [1.807, 2.05) is 12.1 Å². The summed E-state index contributed by atoms with van der Waals surface area (Å²) < 4.78 is 12.5. The van der Waals surface area contributed by atoms with E-state index in [1.54, 1.807) is 35.2 Å².